The maximum absolute atomic E-state index is 14.7. The Morgan fingerprint density at radius 2 is 1.70 bits per heavy atom. The zero-order valence-corrected chi connectivity index (χ0v) is 26.5. The van der Waals surface area contributed by atoms with Gasteiger partial charge in [0, 0.05) is 24.8 Å². The van der Waals surface area contributed by atoms with Crippen molar-refractivity contribution in [3.05, 3.63) is 72.3 Å². The Morgan fingerprint density at radius 1 is 1.05 bits per heavy atom. The predicted molar refractivity (Wildman–Crippen MR) is 161 cm³/mol. The Morgan fingerprint density at radius 3 is 2.26 bits per heavy atom. The van der Waals surface area contributed by atoms with E-state index in [1.54, 1.807) is 36.4 Å². The van der Waals surface area contributed by atoms with E-state index in [0.717, 1.165) is 24.2 Å². The first-order chi connectivity index (χ1) is 20.2. The fourth-order valence-corrected chi connectivity index (χ4v) is 8.05. The molecule has 0 spiro atoms. The molecule has 14 heteroatoms. The number of fused-ring (bicyclic) bond motifs is 1. The van der Waals surface area contributed by atoms with Gasteiger partial charge in [-0.05, 0) is 55.5 Å². The maximum Gasteiger partial charge on any atom is 0.534 e. The lowest BCUT2D eigenvalue weighted by Crippen LogP contribution is -2.53. The van der Waals surface area contributed by atoms with Gasteiger partial charge in [0.05, 0.1) is 23.2 Å². The molecule has 8 nitrogen and oxygen atoms in total. The summed E-state index contributed by atoms with van der Waals surface area (Å²) in [7, 11) is -9.01. The number of hydrogen-bond donors (Lipinski definition) is 0. The second kappa shape index (κ2) is 12.6. The van der Waals surface area contributed by atoms with Gasteiger partial charge in [-0.15, -0.1) is 11.8 Å². The van der Waals surface area contributed by atoms with Crippen LogP contribution in [0.25, 0.3) is 0 Å². The van der Waals surface area contributed by atoms with Crippen LogP contribution >= 0.6 is 11.8 Å². The molecule has 1 heterocycles. The molecule has 43 heavy (non-hydrogen) atoms. The molecule has 4 rings (SSSR count). The smallest absolute Gasteiger partial charge is 0.497 e. The van der Waals surface area contributed by atoms with Crippen molar-refractivity contribution < 1.29 is 38.9 Å². The van der Waals surface area contributed by atoms with Gasteiger partial charge >= 0.3 is 15.6 Å². The van der Waals surface area contributed by atoms with Gasteiger partial charge in [-0.2, -0.15) is 25.9 Å². The first-order valence-electron chi connectivity index (χ1n) is 13.4. The molecule has 0 aromatic heterocycles. The highest BCUT2D eigenvalue weighted by Crippen LogP contribution is 2.47. The van der Waals surface area contributed by atoms with E-state index in [-0.39, 0.29) is 28.6 Å². The van der Waals surface area contributed by atoms with Crippen molar-refractivity contribution in [1.29, 1.82) is 0 Å². The number of para-hydroxylation sites is 1. The molecule has 0 bridgehead atoms. The molecule has 1 unspecified atom stereocenters. The lowest BCUT2D eigenvalue weighted by Gasteiger charge is -2.41. The number of benzene rings is 3. The summed E-state index contributed by atoms with van der Waals surface area (Å²) in [6, 6.07) is 18.2. The number of hydrogen-bond acceptors (Lipinski definition) is 8. The van der Waals surface area contributed by atoms with Gasteiger partial charge in [0.1, 0.15) is 10.6 Å². The van der Waals surface area contributed by atoms with Gasteiger partial charge in [0.25, 0.3) is 0 Å². The first-order valence-corrected chi connectivity index (χ1v) is 17.5. The Bertz CT molecular complexity index is 1650. The molecule has 234 valence electrons. The summed E-state index contributed by atoms with van der Waals surface area (Å²) in [6.45, 7) is 4.03. The molecule has 0 radical (unpaired) electrons. The van der Waals surface area contributed by atoms with Crippen LogP contribution in [0.15, 0.2) is 76.5 Å². The Kier molecular flexibility index (Phi) is 9.64. The number of thioether (sulfide) groups is 1. The van der Waals surface area contributed by atoms with E-state index in [4.69, 9.17) is 4.74 Å². The number of methoxy groups -OCH3 is 1. The SMILES string of the molecule is CCCCC1(C)CN(c2ccccc2)c2cc(SC)c(OS(=O)(=O)C(F)(F)F)cc2S(=O)(=O)N1Cc1ccc(OC)cc1. The molecule has 0 amide bonds. The number of rotatable bonds is 10. The quantitative estimate of drug-likeness (QED) is 0.132. The van der Waals surface area contributed by atoms with Crippen LogP contribution in [0.4, 0.5) is 24.5 Å². The van der Waals surface area contributed by atoms with E-state index >= 15 is 0 Å². The van der Waals surface area contributed by atoms with Gasteiger partial charge in [-0.25, -0.2) is 8.42 Å². The summed E-state index contributed by atoms with van der Waals surface area (Å²) in [5, 5.41) is 0. The van der Waals surface area contributed by atoms with Crippen molar-refractivity contribution in [3.63, 3.8) is 0 Å². The number of sulfonamides is 1. The Hall–Kier alpha value is -2.94. The topological polar surface area (TPSA) is 93.2 Å². The second-order valence-corrected chi connectivity index (χ2v) is 14.6. The normalized spacial score (nSPS) is 19.0. The molecule has 1 aliphatic rings. The summed E-state index contributed by atoms with van der Waals surface area (Å²) >= 11 is 0.941. The number of halogens is 3. The van der Waals surface area contributed by atoms with Crippen LogP contribution in [0.2, 0.25) is 0 Å². The molecule has 1 atom stereocenters. The van der Waals surface area contributed by atoms with Crippen LogP contribution in [0, 0.1) is 0 Å². The molecular weight excluding hydrogens is 626 g/mol. The van der Waals surface area contributed by atoms with Crippen molar-refractivity contribution in [3.8, 4) is 11.5 Å². The van der Waals surface area contributed by atoms with E-state index in [0.29, 0.717) is 29.8 Å². The molecule has 3 aromatic carbocycles. The Balaban J connectivity index is 2.00. The third-order valence-electron chi connectivity index (χ3n) is 7.31. The van der Waals surface area contributed by atoms with Gasteiger partial charge in [-0.3, -0.25) is 0 Å². The number of ether oxygens (including phenoxy) is 1. The second-order valence-electron chi connectivity index (χ2n) is 10.3. The van der Waals surface area contributed by atoms with E-state index < -0.39 is 36.9 Å². The lowest BCUT2D eigenvalue weighted by atomic mass is 9.92. The van der Waals surface area contributed by atoms with Gasteiger partial charge in [-0.1, -0.05) is 50.1 Å². The average Bonchev–Trinajstić information content (AvgIpc) is 3.03. The van der Waals surface area contributed by atoms with E-state index in [9.17, 15) is 30.0 Å². The molecule has 0 saturated carbocycles. The number of nitrogens with zero attached hydrogens (tertiary/aromatic N) is 2. The summed E-state index contributed by atoms with van der Waals surface area (Å²) in [6.07, 6.45) is 3.53. The highest BCUT2D eigenvalue weighted by molar-refractivity contribution is 7.98. The molecule has 1 aliphatic heterocycles. The largest absolute Gasteiger partial charge is 0.534 e. The average molecular weight is 659 g/mol. The minimum Gasteiger partial charge on any atom is -0.497 e. The van der Waals surface area contributed by atoms with Gasteiger partial charge in [0.15, 0.2) is 5.75 Å². The van der Waals surface area contributed by atoms with Crippen molar-refractivity contribution in [2.75, 3.05) is 24.8 Å². The zero-order valence-electron chi connectivity index (χ0n) is 24.1. The molecular formula is C29H33F3N2O6S3. The molecule has 0 saturated heterocycles. The van der Waals surface area contributed by atoms with Gasteiger partial charge in [0.2, 0.25) is 10.0 Å². The summed E-state index contributed by atoms with van der Waals surface area (Å²) < 4.78 is 104. The van der Waals surface area contributed by atoms with E-state index in [1.807, 2.05) is 36.9 Å². The number of anilines is 2. The minimum absolute atomic E-state index is 0.0292. The molecule has 3 aromatic rings. The van der Waals surface area contributed by atoms with E-state index in [1.165, 1.54) is 23.7 Å². The predicted octanol–water partition coefficient (Wildman–Crippen LogP) is 6.94. The molecule has 0 fully saturated rings. The number of alkyl halides is 3. The monoisotopic (exact) mass is 658 g/mol. The van der Waals surface area contributed by atoms with Crippen LogP contribution in [0.3, 0.4) is 0 Å². The standard InChI is InChI=1S/C29H33F3N2O6S3/c1-5-6-16-28(2)20-33(22-10-8-7-9-11-22)24-17-26(41-4)25(40-43(37,38)29(30,31)32)18-27(24)42(35,36)34(28)19-21-12-14-23(39-3)15-13-21/h7-15,17-18H,5-6,16,19-20H2,1-4H3. The zero-order chi connectivity index (χ0) is 31.6. The third-order valence-corrected chi connectivity index (χ3v) is 11.1. The van der Waals surface area contributed by atoms with Crippen LogP contribution in [0.5, 0.6) is 11.5 Å². The van der Waals surface area contributed by atoms with Crippen molar-refractivity contribution in [1.82, 2.24) is 4.31 Å². The van der Waals surface area contributed by atoms with Crippen molar-refractivity contribution in [2.24, 2.45) is 0 Å². The van der Waals surface area contributed by atoms with Crippen molar-refractivity contribution in [2.45, 2.75) is 60.5 Å². The van der Waals surface area contributed by atoms with Crippen LogP contribution in [0.1, 0.15) is 38.7 Å². The summed E-state index contributed by atoms with van der Waals surface area (Å²) in [5.74, 6) is -0.129. The minimum atomic E-state index is -6.07. The van der Waals surface area contributed by atoms with E-state index in [2.05, 4.69) is 4.18 Å². The van der Waals surface area contributed by atoms with Crippen LogP contribution in [-0.2, 0) is 26.7 Å². The molecule has 0 aliphatic carbocycles. The highest BCUT2D eigenvalue weighted by atomic mass is 32.2. The van der Waals surface area contributed by atoms with Gasteiger partial charge < -0.3 is 13.8 Å². The maximum atomic E-state index is 14.7. The summed E-state index contributed by atoms with van der Waals surface area (Å²) in [4.78, 5) is 1.48. The fourth-order valence-electron chi connectivity index (χ4n) is 5.02. The highest BCUT2D eigenvalue weighted by Gasteiger charge is 2.50. The van der Waals surface area contributed by atoms with Crippen LogP contribution in [-0.4, -0.2) is 52.1 Å². The number of unbranched alkanes of at least 4 members (excludes halogenated alkanes) is 1. The summed E-state index contributed by atoms with van der Waals surface area (Å²) in [5.41, 5.74) is -5.16. The van der Waals surface area contributed by atoms with Crippen molar-refractivity contribution >= 4 is 43.3 Å². The third kappa shape index (κ3) is 6.76. The Labute approximate surface area is 255 Å². The fraction of sp³-hybridized carbons (Fsp3) is 0.379. The molecule has 0 N–H and O–H groups in total. The van der Waals surface area contributed by atoms with Crippen LogP contribution < -0.4 is 13.8 Å². The first kappa shape index (κ1) is 33.0. The lowest BCUT2D eigenvalue weighted by molar-refractivity contribution is -0.0500.